The van der Waals surface area contributed by atoms with E-state index >= 15 is 0 Å². The molecule has 0 spiro atoms. The number of allylic oxidation sites excluding steroid dienone is 2. The van der Waals surface area contributed by atoms with Crippen LogP contribution in [0.4, 0.5) is 0 Å². The third-order valence-electron chi connectivity index (χ3n) is 3.23. The number of phenolic OH excluding ortho intramolecular Hbond substituents is 2. The fourth-order valence-electron chi connectivity index (χ4n) is 1.91. The molecular weight excluding hydrogens is 284 g/mol. The SMILES string of the molecule is CC(C)=CC[C@H](O)/C(C=O)=C/C(=O)c1c(O)ccc(O)c1C. The molecule has 0 fully saturated rings. The summed E-state index contributed by atoms with van der Waals surface area (Å²) in [6, 6.07) is 2.47. The predicted octanol–water partition coefficient (Wildman–Crippen LogP) is 2.43. The Bertz CT molecular complexity index is 637. The summed E-state index contributed by atoms with van der Waals surface area (Å²) in [7, 11) is 0. The van der Waals surface area contributed by atoms with Gasteiger partial charge in [-0.05, 0) is 45.4 Å². The molecule has 0 radical (unpaired) electrons. The van der Waals surface area contributed by atoms with Gasteiger partial charge in [0.05, 0.1) is 11.7 Å². The third-order valence-corrected chi connectivity index (χ3v) is 3.23. The molecule has 3 N–H and O–H groups in total. The molecule has 1 rings (SSSR count). The summed E-state index contributed by atoms with van der Waals surface area (Å²) in [6.45, 7) is 5.20. The largest absolute Gasteiger partial charge is 0.508 e. The monoisotopic (exact) mass is 304 g/mol. The summed E-state index contributed by atoms with van der Waals surface area (Å²) in [5.41, 5.74) is 1.03. The van der Waals surface area contributed by atoms with Crippen molar-refractivity contribution in [2.24, 2.45) is 0 Å². The number of hydrogen-bond donors (Lipinski definition) is 3. The number of benzene rings is 1. The van der Waals surface area contributed by atoms with E-state index < -0.39 is 11.9 Å². The maximum atomic E-state index is 12.2. The maximum absolute atomic E-state index is 12.2. The van der Waals surface area contributed by atoms with Crippen LogP contribution in [-0.4, -0.2) is 33.5 Å². The van der Waals surface area contributed by atoms with Crippen LogP contribution in [0, 0.1) is 6.92 Å². The average Bonchev–Trinajstić information content (AvgIpc) is 2.46. The van der Waals surface area contributed by atoms with Crippen molar-refractivity contribution in [3.8, 4) is 11.5 Å². The van der Waals surface area contributed by atoms with Gasteiger partial charge in [-0.2, -0.15) is 0 Å². The van der Waals surface area contributed by atoms with Crippen molar-refractivity contribution in [2.75, 3.05) is 0 Å². The lowest BCUT2D eigenvalue weighted by atomic mass is 9.98. The number of ketones is 1. The van der Waals surface area contributed by atoms with Crippen LogP contribution in [0.2, 0.25) is 0 Å². The van der Waals surface area contributed by atoms with Crippen molar-refractivity contribution < 1.29 is 24.9 Å². The Morgan fingerprint density at radius 2 is 1.82 bits per heavy atom. The average molecular weight is 304 g/mol. The van der Waals surface area contributed by atoms with Crippen LogP contribution in [0.25, 0.3) is 0 Å². The highest BCUT2D eigenvalue weighted by atomic mass is 16.3. The van der Waals surface area contributed by atoms with E-state index in [0.29, 0.717) is 6.29 Å². The summed E-state index contributed by atoms with van der Waals surface area (Å²) in [5.74, 6) is -1.07. The van der Waals surface area contributed by atoms with Crippen LogP contribution in [0.15, 0.2) is 35.4 Å². The summed E-state index contributed by atoms with van der Waals surface area (Å²) < 4.78 is 0. The number of aromatic hydroxyl groups is 2. The fraction of sp³-hybridized carbons (Fsp3) is 0.294. The fourth-order valence-corrected chi connectivity index (χ4v) is 1.91. The first-order valence-corrected chi connectivity index (χ1v) is 6.82. The van der Waals surface area contributed by atoms with E-state index in [1.54, 1.807) is 6.08 Å². The van der Waals surface area contributed by atoms with Crippen LogP contribution in [-0.2, 0) is 4.79 Å². The molecule has 0 saturated carbocycles. The van der Waals surface area contributed by atoms with Gasteiger partial charge in [-0.15, -0.1) is 0 Å². The molecule has 0 heterocycles. The van der Waals surface area contributed by atoms with Crippen molar-refractivity contribution in [1.82, 2.24) is 0 Å². The van der Waals surface area contributed by atoms with Crippen LogP contribution in [0.5, 0.6) is 11.5 Å². The second-order valence-corrected chi connectivity index (χ2v) is 5.26. The lowest BCUT2D eigenvalue weighted by Crippen LogP contribution is -2.13. The molecule has 0 aliphatic carbocycles. The number of aliphatic hydroxyl groups is 1. The van der Waals surface area contributed by atoms with Gasteiger partial charge in [0.15, 0.2) is 5.78 Å². The second kappa shape index (κ2) is 7.56. The number of phenols is 2. The van der Waals surface area contributed by atoms with Gasteiger partial charge in [-0.1, -0.05) is 11.6 Å². The summed E-state index contributed by atoms with van der Waals surface area (Å²) >= 11 is 0. The lowest BCUT2D eigenvalue weighted by molar-refractivity contribution is -0.105. The van der Waals surface area contributed by atoms with Gasteiger partial charge >= 0.3 is 0 Å². The van der Waals surface area contributed by atoms with E-state index in [0.717, 1.165) is 11.6 Å². The molecule has 0 aromatic heterocycles. The molecular formula is C17H20O5. The van der Waals surface area contributed by atoms with Gasteiger partial charge in [0, 0.05) is 11.1 Å². The number of carbonyl (C=O) groups is 2. The zero-order valence-corrected chi connectivity index (χ0v) is 12.8. The number of aldehydes is 1. The Morgan fingerprint density at radius 1 is 1.23 bits per heavy atom. The number of hydrogen-bond acceptors (Lipinski definition) is 5. The first-order valence-electron chi connectivity index (χ1n) is 6.82. The van der Waals surface area contributed by atoms with E-state index in [9.17, 15) is 24.9 Å². The van der Waals surface area contributed by atoms with E-state index in [1.165, 1.54) is 19.1 Å². The Labute approximate surface area is 129 Å². The van der Waals surface area contributed by atoms with Gasteiger partial charge in [0.1, 0.15) is 17.8 Å². The molecule has 0 aliphatic rings. The zero-order chi connectivity index (χ0) is 16.9. The van der Waals surface area contributed by atoms with E-state index in [1.807, 2.05) is 13.8 Å². The zero-order valence-electron chi connectivity index (χ0n) is 12.8. The highest BCUT2D eigenvalue weighted by Crippen LogP contribution is 2.29. The first-order chi connectivity index (χ1) is 10.3. The van der Waals surface area contributed by atoms with Crippen molar-refractivity contribution in [3.63, 3.8) is 0 Å². The molecule has 118 valence electrons. The minimum absolute atomic E-state index is 0.0790. The van der Waals surface area contributed by atoms with Crippen molar-refractivity contribution in [3.05, 3.63) is 46.6 Å². The summed E-state index contributed by atoms with van der Waals surface area (Å²) in [5, 5.41) is 29.3. The minimum Gasteiger partial charge on any atom is -0.508 e. The molecule has 1 aromatic carbocycles. The third kappa shape index (κ3) is 4.30. The summed E-state index contributed by atoms with van der Waals surface area (Å²) in [6.07, 6.45) is 2.26. The van der Waals surface area contributed by atoms with E-state index in [4.69, 9.17) is 0 Å². The highest BCUT2D eigenvalue weighted by Gasteiger charge is 2.18. The van der Waals surface area contributed by atoms with Crippen molar-refractivity contribution in [2.45, 2.75) is 33.3 Å². The molecule has 0 amide bonds. The Morgan fingerprint density at radius 3 is 2.36 bits per heavy atom. The Kier molecular flexibility index (Phi) is 6.07. The quantitative estimate of drug-likeness (QED) is 0.247. The lowest BCUT2D eigenvalue weighted by Gasteiger charge is -2.10. The normalized spacial score (nSPS) is 12.6. The first kappa shape index (κ1) is 17.7. The van der Waals surface area contributed by atoms with E-state index in [-0.39, 0.29) is 34.6 Å². The predicted molar refractivity (Wildman–Crippen MR) is 83.0 cm³/mol. The second-order valence-electron chi connectivity index (χ2n) is 5.26. The Balaban J connectivity index is 3.14. The topological polar surface area (TPSA) is 94.8 Å². The molecule has 0 saturated heterocycles. The van der Waals surface area contributed by atoms with Crippen LogP contribution < -0.4 is 0 Å². The molecule has 1 atom stereocenters. The van der Waals surface area contributed by atoms with Crippen LogP contribution in [0.3, 0.4) is 0 Å². The van der Waals surface area contributed by atoms with Crippen molar-refractivity contribution in [1.29, 1.82) is 0 Å². The molecule has 22 heavy (non-hydrogen) atoms. The summed E-state index contributed by atoms with van der Waals surface area (Å²) in [4.78, 5) is 23.3. The molecule has 0 aliphatic heterocycles. The van der Waals surface area contributed by atoms with E-state index in [2.05, 4.69) is 0 Å². The maximum Gasteiger partial charge on any atom is 0.190 e. The molecule has 0 unspecified atom stereocenters. The number of aliphatic hydroxyl groups excluding tert-OH is 1. The van der Waals surface area contributed by atoms with Gasteiger partial charge in [0.2, 0.25) is 0 Å². The highest BCUT2D eigenvalue weighted by molar-refractivity contribution is 6.10. The minimum atomic E-state index is -1.10. The molecule has 5 nitrogen and oxygen atoms in total. The van der Waals surface area contributed by atoms with Gasteiger partial charge in [0.25, 0.3) is 0 Å². The molecule has 5 heteroatoms. The van der Waals surface area contributed by atoms with Crippen LogP contribution in [0.1, 0.15) is 36.2 Å². The standard InChI is InChI=1S/C17H20O5/c1-10(2)4-5-14(20)12(9-18)8-16(22)17-11(3)13(19)6-7-15(17)21/h4,6-9,14,19-21H,5H2,1-3H3/b12-8+/t14-/m0/s1. The van der Waals surface area contributed by atoms with Crippen molar-refractivity contribution >= 4 is 12.1 Å². The smallest absolute Gasteiger partial charge is 0.190 e. The van der Waals surface area contributed by atoms with Gasteiger partial charge in [-0.3, -0.25) is 9.59 Å². The Hall–Kier alpha value is -2.40. The number of rotatable bonds is 6. The van der Waals surface area contributed by atoms with Gasteiger partial charge < -0.3 is 15.3 Å². The molecule has 1 aromatic rings. The van der Waals surface area contributed by atoms with Crippen LogP contribution >= 0.6 is 0 Å². The van der Waals surface area contributed by atoms with Gasteiger partial charge in [-0.25, -0.2) is 0 Å². The number of carbonyl (C=O) groups excluding carboxylic acids is 2. The molecule has 0 bridgehead atoms.